The molecule has 1 aromatic carbocycles. The fraction of sp³-hybridized carbons (Fsp3) is 0.308. The summed E-state index contributed by atoms with van der Waals surface area (Å²) < 4.78 is 1.64. The summed E-state index contributed by atoms with van der Waals surface area (Å²) in [6.07, 6.45) is 0. The highest BCUT2D eigenvalue weighted by Crippen LogP contribution is 2.21. The number of aromatic nitrogens is 3. The second kappa shape index (κ2) is 5.62. The lowest BCUT2D eigenvalue weighted by Gasteiger charge is -2.11. The van der Waals surface area contributed by atoms with Gasteiger partial charge in [-0.1, -0.05) is 35.5 Å². The van der Waals surface area contributed by atoms with E-state index in [0.717, 1.165) is 12.1 Å². The minimum Gasteiger partial charge on any atom is -0.476 e. The standard InChI is InChI=1S/C13H16N4O2/c1-16(2)8-9-17-12(10-6-4-3-5-7-10)11(13(18)19)14-15-17/h3-7H,8-9H2,1-2H3,(H,18,19). The number of carboxylic acids is 1. The minimum absolute atomic E-state index is 0.00930. The van der Waals surface area contributed by atoms with E-state index in [1.54, 1.807) is 4.68 Å². The van der Waals surface area contributed by atoms with Crippen molar-refractivity contribution in [3.63, 3.8) is 0 Å². The van der Waals surface area contributed by atoms with Crippen molar-refractivity contribution >= 4 is 5.97 Å². The highest BCUT2D eigenvalue weighted by atomic mass is 16.4. The zero-order valence-corrected chi connectivity index (χ0v) is 10.9. The monoisotopic (exact) mass is 260 g/mol. The number of hydrogen-bond acceptors (Lipinski definition) is 4. The number of likely N-dealkylation sites (N-methyl/N-ethyl adjacent to an activating group) is 1. The molecule has 0 atom stereocenters. The lowest BCUT2D eigenvalue weighted by molar-refractivity contribution is 0.0691. The van der Waals surface area contributed by atoms with Gasteiger partial charge in [-0.3, -0.25) is 0 Å². The third-order valence-electron chi connectivity index (χ3n) is 2.74. The zero-order chi connectivity index (χ0) is 13.8. The molecule has 0 saturated carbocycles. The highest BCUT2D eigenvalue weighted by Gasteiger charge is 2.20. The Bertz CT molecular complexity index is 563. The molecule has 0 unspecified atom stereocenters. The number of carbonyl (C=O) groups is 1. The van der Waals surface area contributed by atoms with Crippen molar-refractivity contribution in [3.05, 3.63) is 36.0 Å². The molecule has 6 nitrogen and oxygen atoms in total. The van der Waals surface area contributed by atoms with E-state index in [1.165, 1.54) is 0 Å². The first-order valence-corrected chi connectivity index (χ1v) is 5.96. The van der Waals surface area contributed by atoms with Crippen molar-refractivity contribution in [3.8, 4) is 11.3 Å². The Kier molecular flexibility index (Phi) is 3.91. The lowest BCUT2D eigenvalue weighted by Crippen LogP contribution is -2.19. The fourth-order valence-electron chi connectivity index (χ4n) is 1.79. The summed E-state index contributed by atoms with van der Waals surface area (Å²) in [6, 6.07) is 9.33. The molecule has 0 fully saturated rings. The molecular weight excluding hydrogens is 244 g/mol. The summed E-state index contributed by atoms with van der Waals surface area (Å²) in [7, 11) is 3.91. The topological polar surface area (TPSA) is 71.2 Å². The Morgan fingerprint density at radius 2 is 2.00 bits per heavy atom. The highest BCUT2D eigenvalue weighted by molar-refractivity contribution is 5.92. The molecule has 1 N–H and O–H groups in total. The van der Waals surface area contributed by atoms with Crippen LogP contribution >= 0.6 is 0 Å². The van der Waals surface area contributed by atoms with Crippen LogP contribution in [0.1, 0.15) is 10.5 Å². The Morgan fingerprint density at radius 1 is 1.32 bits per heavy atom. The van der Waals surface area contributed by atoms with Gasteiger partial charge in [-0.05, 0) is 14.1 Å². The van der Waals surface area contributed by atoms with Crippen LogP contribution in [-0.4, -0.2) is 51.6 Å². The van der Waals surface area contributed by atoms with Crippen molar-refractivity contribution in [1.29, 1.82) is 0 Å². The second-order valence-corrected chi connectivity index (χ2v) is 4.48. The molecule has 1 heterocycles. The molecule has 100 valence electrons. The fourth-order valence-corrected chi connectivity index (χ4v) is 1.79. The number of aromatic carboxylic acids is 1. The number of benzene rings is 1. The van der Waals surface area contributed by atoms with E-state index in [4.69, 9.17) is 0 Å². The maximum absolute atomic E-state index is 11.2. The molecule has 0 bridgehead atoms. The largest absolute Gasteiger partial charge is 0.476 e. The van der Waals surface area contributed by atoms with Gasteiger partial charge in [-0.15, -0.1) is 5.10 Å². The summed E-state index contributed by atoms with van der Waals surface area (Å²) in [5.74, 6) is -1.06. The van der Waals surface area contributed by atoms with Gasteiger partial charge in [0.15, 0.2) is 5.69 Å². The third kappa shape index (κ3) is 2.97. The van der Waals surface area contributed by atoms with Gasteiger partial charge in [0.2, 0.25) is 0 Å². The number of hydrogen-bond donors (Lipinski definition) is 1. The van der Waals surface area contributed by atoms with E-state index < -0.39 is 5.97 Å². The van der Waals surface area contributed by atoms with E-state index in [0.29, 0.717) is 12.2 Å². The van der Waals surface area contributed by atoms with Crippen LogP contribution in [0.2, 0.25) is 0 Å². The van der Waals surface area contributed by atoms with Crippen LogP contribution in [-0.2, 0) is 6.54 Å². The van der Waals surface area contributed by atoms with E-state index in [9.17, 15) is 9.90 Å². The maximum atomic E-state index is 11.2. The van der Waals surface area contributed by atoms with Crippen molar-refractivity contribution < 1.29 is 9.90 Å². The van der Waals surface area contributed by atoms with E-state index in [1.807, 2.05) is 49.3 Å². The molecule has 0 amide bonds. The first-order valence-electron chi connectivity index (χ1n) is 5.96. The van der Waals surface area contributed by atoms with Gasteiger partial charge in [0.1, 0.15) is 5.69 Å². The molecule has 0 radical (unpaired) electrons. The third-order valence-corrected chi connectivity index (χ3v) is 2.74. The van der Waals surface area contributed by atoms with Gasteiger partial charge >= 0.3 is 5.97 Å². The van der Waals surface area contributed by atoms with Crippen LogP contribution in [0.5, 0.6) is 0 Å². The first kappa shape index (κ1) is 13.2. The van der Waals surface area contributed by atoms with Crippen LogP contribution in [0.3, 0.4) is 0 Å². The summed E-state index contributed by atoms with van der Waals surface area (Å²) in [5, 5.41) is 16.9. The Balaban J connectivity index is 2.42. The van der Waals surface area contributed by atoms with E-state index >= 15 is 0 Å². The quantitative estimate of drug-likeness (QED) is 0.874. The Hall–Kier alpha value is -2.21. The molecule has 0 aliphatic heterocycles. The Labute approximate surface area is 111 Å². The molecule has 1 aromatic heterocycles. The van der Waals surface area contributed by atoms with Crippen molar-refractivity contribution in [2.75, 3.05) is 20.6 Å². The van der Waals surface area contributed by atoms with Gasteiger partial charge in [0.05, 0.1) is 6.54 Å². The van der Waals surface area contributed by atoms with E-state index in [2.05, 4.69) is 10.3 Å². The maximum Gasteiger partial charge on any atom is 0.358 e. The van der Waals surface area contributed by atoms with Crippen LogP contribution in [0, 0.1) is 0 Å². The molecule has 6 heteroatoms. The van der Waals surface area contributed by atoms with Gasteiger partial charge in [0, 0.05) is 12.1 Å². The molecule has 0 saturated heterocycles. The number of carboxylic acid groups (broad SMARTS) is 1. The van der Waals surface area contributed by atoms with Crippen LogP contribution in [0.4, 0.5) is 0 Å². The number of rotatable bonds is 5. The Morgan fingerprint density at radius 3 is 2.58 bits per heavy atom. The molecule has 0 aliphatic rings. The number of nitrogens with zero attached hydrogens (tertiary/aromatic N) is 4. The van der Waals surface area contributed by atoms with Gasteiger partial charge in [0.25, 0.3) is 0 Å². The summed E-state index contributed by atoms with van der Waals surface area (Å²) in [6.45, 7) is 1.36. The van der Waals surface area contributed by atoms with Crippen molar-refractivity contribution in [2.45, 2.75) is 6.54 Å². The molecule has 0 aliphatic carbocycles. The average Bonchev–Trinajstić information content (AvgIpc) is 2.81. The van der Waals surface area contributed by atoms with Crippen molar-refractivity contribution in [1.82, 2.24) is 19.9 Å². The summed E-state index contributed by atoms with van der Waals surface area (Å²) in [4.78, 5) is 13.2. The normalized spacial score (nSPS) is 10.9. The zero-order valence-electron chi connectivity index (χ0n) is 10.9. The molecular formula is C13H16N4O2. The molecule has 0 spiro atoms. The predicted octanol–water partition coefficient (Wildman–Crippen LogP) is 1.20. The van der Waals surface area contributed by atoms with Crippen LogP contribution < -0.4 is 0 Å². The average molecular weight is 260 g/mol. The van der Waals surface area contributed by atoms with Gasteiger partial charge < -0.3 is 10.0 Å². The van der Waals surface area contributed by atoms with Crippen LogP contribution in [0.15, 0.2) is 30.3 Å². The first-order chi connectivity index (χ1) is 9.09. The van der Waals surface area contributed by atoms with Gasteiger partial charge in [-0.2, -0.15) is 0 Å². The molecule has 2 aromatic rings. The van der Waals surface area contributed by atoms with Crippen LogP contribution in [0.25, 0.3) is 11.3 Å². The smallest absolute Gasteiger partial charge is 0.358 e. The summed E-state index contributed by atoms with van der Waals surface area (Å²) in [5.41, 5.74) is 1.35. The minimum atomic E-state index is -1.06. The second-order valence-electron chi connectivity index (χ2n) is 4.48. The van der Waals surface area contributed by atoms with Gasteiger partial charge in [-0.25, -0.2) is 9.48 Å². The van der Waals surface area contributed by atoms with E-state index in [-0.39, 0.29) is 5.69 Å². The summed E-state index contributed by atoms with van der Waals surface area (Å²) >= 11 is 0. The predicted molar refractivity (Wildman–Crippen MR) is 71.0 cm³/mol. The SMILES string of the molecule is CN(C)CCn1nnc(C(=O)O)c1-c1ccccc1. The lowest BCUT2D eigenvalue weighted by atomic mass is 10.1. The molecule has 19 heavy (non-hydrogen) atoms. The van der Waals surface area contributed by atoms with Crippen molar-refractivity contribution in [2.24, 2.45) is 0 Å². The molecule has 2 rings (SSSR count).